The van der Waals surface area contributed by atoms with Crippen molar-refractivity contribution in [2.75, 3.05) is 0 Å². The smallest absolute Gasteiger partial charge is 0.132 e. The van der Waals surface area contributed by atoms with Crippen LogP contribution in [0.25, 0.3) is 11.0 Å². The predicted octanol–water partition coefficient (Wildman–Crippen LogP) is 4.40. The van der Waals surface area contributed by atoms with Gasteiger partial charge in [-0.2, -0.15) is 0 Å². The molecule has 5 fully saturated rings. The molecule has 3 heterocycles. The van der Waals surface area contributed by atoms with Crippen molar-refractivity contribution >= 4 is 11.0 Å². The molecule has 4 aliphatic carbocycles. The van der Waals surface area contributed by atoms with Gasteiger partial charge < -0.3 is 10.3 Å². The van der Waals surface area contributed by atoms with Crippen molar-refractivity contribution in [3.63, 3.8) is 0 Å². The molecule has 0 spiro atoms. The lowest BCUT2D eigenvalue weighted by Gasteiger charge is -2.61. The van der Waals surface area contributed by atoms with Gasteiger partial charge in [-0.3, -0.25) is 0 Å². The summed E-state index contributed by atoms with van der Waals surface area (Å²) in [6.07, 6.45) is 15.4. The maximum atomic E-state index is 4.90. The Balaban J connectivity index is 1.30. The zero-order valence-corrected chi connectivity index (χ0v) is 15.7. The molecule has 138 valence electrons. The minimum atomic E-state index is 0.503. The van der Waals surface area contributed by atoms with Crippen molar-refractivity contribution in [1.82, 2.24) is 20.3 Å². The standard InChI is InChI=1S/C22H30N4/c1-13-4-17(21-24-12-19-18(26-21)2-3-23-19)8-20(25-13)22-9-14-5-15(10-22)7-16(6-14)11-22/h2-3,12-17,20,23,25H,4-11H2,1H3. The van der Waals surface area contributed by atoms with Crippen LogP contribution in [0, 0.1) is 23.2 Å². The molecule has 4 heteroatoms. The van der Waals surface area contributed by atoms with Crippen molar-refractivity contribution in [2.24, 2.45) is 23.2 Å². The molecule has 7 rings (SSSR count). The van der Waals surface area contributed by atoms with E-state index in [4.69, 9.17) is 9.97 Å². The summed E-state index contributed by atoms with van der Waals surface area (Å²) in [5, 5.41) is 4.04. The van der Waals surface area contributed by atoms with Gasteiger partial charge in [0.05, 0.1) is 17.2 Å². The van der Waals surface area contributed by atoms with E-state index < -0.39 is 0 Å². The van der Waals surface area contributed by atoms with Crippen molar-refractivity contribution in [3.05, 3.63) is 24.3 Å². The van der Waals surface area contributed by atoms with Gasteiger partial charge in [0.25, 0.3) is 0 Å². The zero-order valence-electron chi connectivity index (χ0n) is 15.7. The van der Waals surface area contributed by atoms with Gasteiger partial charge in [-0.25, -0.2) is 9.97 Å². The van der Waals surface area contributed by atoms with Crippen LogP contribution >= 0.6 is 0 Å². The highest BCUT2D eigenvalue weighted by molar-refractivity contribution is 5.73. The fourth-order valence-corrected chi connectivity index (χ4v) is 7.58. The third-order valence-electron chi connectivity index (χ3n) is 8.15. The van der Waals surface area contributed by atoms with E-state index in [0.717, 1.165) is 34.6 Å². The second-order valence-corrected chi connectivity index (χ2v) is 10.1. The monoisotopic (exact) mass is 350 g/mol. The first-order valence-electron chi connectivity index (χ1n) is 10.7. The van der Waals surface area contributed by atoms with Crippen LogP contribution in [-0.2, 0) is 0 Å². The molecule has 4 saturated carbocycles. The molecule has 5 aliphatic rings. The summed E-state index contributed by atoms with van der Waals surface area (Å²) in [4.78, 5) is 12.9. The van der Waals surface area contributed by atoms with Crippen LogP contribution in [0.5, 0.6) is 0 Å². The van der Waals surface area contributed by atoms with Crippen molar-refractivity contribution in [1.29, 1.82) is 0 Å². The van der Waals surface area contributed by atoms with Gasteiger partial charge in [0.1, 0.15) is 5.82 Å². The number of nitrogens with one attached hydrogen (secondary N) is 2. The van der Waals surface area contributed by atoms with Crippen LogP contribution < -0.4 is 5.32 Å². The first-order chi connectivity index (χ1) is 12.7. The Labute approximate surface area is 155 Å². The number of aromatic amines is 1. The van der Waals surface area contributed by atoms with E-state index in [2.05, 4.69) is 23.3 Å². The van der Waals surface area contributed by atoms with Crippen LogP contribution in [0.2, 0.25) is 0 Å². The van der Waals surface area contributed by atoms with E-state index in [1.807, 2.05) is 12.4 Å². The molecule has 1 aliphatic heterocycles. The van der Waals surface area contributed by atoms with E-state index in [1.165, 1.54) is 51.4 Å². The van der Waals surface area contributed by atoms with Crippen molar-refractivity contribution in [3.8, 4) is 0 Å². The number of aromatic nitrogens is 3. The number of fused-ring (bicyclic) bond motifs is 1. The molecule has 4 nitrogen and oxygen atoms in total. The Morgan fingerprint density at radius 3 is 2.46 bits per heavy atom. The maximum Gasteiger partial charge on any atom is 0.132 e. The summed E-state index contributed by atoms with van der Waals surface area (Å²) in [5.74, 6) is 4.63. The highest BCUT2D eigenvalue weighted by Crippen LogP contribution is 2.62. The van der Waals surface area contributed by atoms with Crippen LogP contribution in [-0.4, -0.2) is 27.0 Å². The summed E-state index contributed by atoms with van der Waals surface area (Å²) in [6.45, 7) is 2.37. The van der Waals surface area contributed by atoms with Crippen LogP contribution in [0.1, 0.15) is 70.0 Å². The summed E-state index contributed by atoms with van der Waals surface area (Å²) in [7, 11) is 0. The molecule has 0 aromatic carbocycles. The lowest BCUT2D eigenvalue weighted by molar-refractivity contribution is -0.0823. The summed E-state index contributed by atoms with van der Waals surface area (Å²) < 4.78 is 0. The second-order valence-electron chi connectivity index (χ2n) is 10.1. The molecule has 3 atom stereocenters. The van der Waals surface area contributed by atoms with Gasteiger partial charge in [-0.1, -0.05) is 0 Å². The lowest BCUT2D eigenvalue weighted by Crippen LogP contribution is -2.59. The third-order valence-corrected chi connectivity index (χ3v) is 8.15. The van der Waals surface area contributed by atoms with Gasteiger partial charge >= 0.3 is 0 Å². The van der Waals surface area contributed by atoms with E-state index in [0.29, 0.717) is 23.4 Å². The maximum absolute atomic E-state index is 4.90. The van der Waals surface area contributed by atoms with Gasteiger partial charge in [0.15, 0.2) is 0 Å². The van der Waals surface area contributed by atoms with Crippen LogP contribution in [0.15, 0.2) is 18.5 Å². The summed E-state index contributed by atoms with van der Waals surface area (Å²) in [6, 6.07) is 3.30. The van der Waals surface area contributed by atoms with Crippen LogP contribution in [0.3, 0.4) is 0 Å². The Hall–Kier alpha value is -1.42. The first kappa shape index (κ1) is 15.6. The average Bonchev–Trinajstić information content (AvgIpc) is 3.08. The van der Waals surface area contributed by atoms with Gasteiger partial charge in [0, 0.05) is 24.2 Å². The minimum absolute atomic E-state index is 0.503. The van der Waals surface area contributed by atoms with E-state index >= 15 is 0 Å². The fraction of sp³-hybridized carbons (Fsp3) is 0.727. The first-order valence-corrected chi connectivity index (χ1v) is 10.7. The topological polar surface area (TPSA) is 53.6 Å². The molecule has 1 saturated heterocycles. The molecule has 26 heavy (non-hydrogen) atoms. The Bertz CT molecular complexity index is 789. The third kappa shape index (κ3) is 2.37. The quantitative estimate of drug-likeness (QED) is 0.844. The van der Waals surface area contributed by atoms with Gasteiger partial charge in [-0.05, 0) is 87.5 Å². The van der Waals surface area contributed by atoms with E-state index in [-0.39, 0.29) is 0 Å². The molecule has 0 amide bonds. The molecule has 0 radical (unpaired) electrons. The van der Waals surface area contributed by atoms with E-state index in [9.17, 15) is 0 Å². The fourth-order valence-electron chi connectivity index (χ4n) is 7.58. The summed E-state index contributed by atoms with van der Waals surface area (Å²) >= 11 is 0. The number of hydrogen-bond acceptors (Lipinski definition) is 3. The normalized spacial score (nSPS) is 44.7. The van der Waals surface area contributed by atoms with Crippen molar-refractivity contribution in [2.45, 2.75) is 76.3 Å². The molecule has 2 aromatic heterocycles. The number of rotatable bonds is 2. The summed E-state index contributed by atoms with van der Waals surface area (Å²) in [5.41, 5.74) is 2.68. The minimum Gasteiger partial charge on any atom is -0.359 e. The molecule has 2 N–H and O–H groups in total. The van der Waals surface area contributed by atoms with E-state index in [1.54, 1.807) is 0 Å². The second kappa shape index (κ2) is 5.54. The highest BCUT2D eigenvalue weighted by Gasteiger charge is 2.55. The lowest BCUT2D eigenvalue weighted by atomic mass is 9.47. The number of H-pyrrole nitrogens is 1. The number of piperidine rings is 1. The molecule has 3 unspecified atom stereocenters. The van der Waals surface area contributed by atoms with Crippen LogP contribution in [0.4, 0.5) is 0 Å². The Morgan fingerprint density at radius 2 is 1.73 bits per heavy atom. The SMILES string of the molecule is CC1CC(c2ncc3[nH]ccc3n2)CC(C23CC4CC(CC(C4)C2)C3)N1. The zero-order chi connectivity index (χ0) is 17.3. The Kier molecular flexibility index (Phi) is 3.33. The molecule has 4 bridgehead atoms. The number of nitrogens with zero attached hydrogens (tertiary/aromatic N) is 2. The molecule has 2 aromatic rings. The molecular formula is C22H30N4. The predicted molar refractivity (Wildman–Crippen MR) is 103 cm³/mol. The molecular weight excluding hydrogens is 320 g/mol. The Morgan fingerprint density at radius 1 is 1.00 bits per heavy atom. The number of hydrogen-bond donors (Lipinski definition) is 2. The average molecular weight is 351 g/mol. The van der Waals surface area contributed by atoms with Gasteiger partial charge in [0.2, 0.25) is 0 Å². The largest absolute Gasteiger partial charge is 0.359 e. The highest BCUT2D eigenvalue weighted by atomic mass is 15.0. The van der Waals surface area contributed by atoms with Crippen molar-refractivity contribution < 1.29 is 0 Å². The van der Waals surface area contributed by atoms with Gasteiger partial charge in [-0.15, -0.1) is 0 Å².